The minimum atomic E-state index is -0.500. The van der Waals surface area contributed by atoms with Crippen LogP contribution in [0.4, 0.5) is 4.39 Å². The van der Waals surface area contributed by atoms with E-state index in [0.717, 1.165) is 6.42 Å². The van der Waals surface area contributed by atoms with Crippen LogP contribution >= 0.6 is 0 Å². The average molecular weight is 332 g/mol. The summed E-state index contributed by atoms with van der Waals surface area (Å²) < 4.78 is 21.2. The zero-order valence-electron chi connectivity index (χ0n) is 13.9. The molecule has 1 aliphatic rings. The average Bonchev–Trinajstić information content (AvgIpc) is 3.08. The van der Waals surface area contributed by atoms with Crippen molar-refractivity contribution in [3.05, 3.63) is 42.2 Å². The van der Waals surface area contributed by atoms with Crippen molar-refractivity contribution in [2.75, 3.05) is 19.8 Å². The quantitative estimate of drug-likeness (QED) is 0.862. The van der Waals surface area contributed by atoms with Crippen LogP contribution < -0.4 is 0 Å². The molecule has 1 aromatic carbocycles. The van der Waals surface area contributed by atoms with E-state index in [-0.39, 0.29) is 17.6 Å². The number of nitrogens with zero attached hydrogens (tertiary/aromatic N) is 4. The molecule has 2 heterocycles. The van der Waals surface area contributed by atoms with Crippen molar-refractivity contribution < 1.29 is 13.9 Å². The number of aromatic nitrogens is 3. The Kier molecular flexibility index (Phi) is 4.89. The first kappa shape index (κ1) is 16.6. The smallest absolute Gasteiger partial charge is 0.254 e. The number of rotatable bonds is 4. The molecule has 0 N–H and O–H groups in total. The van der Waals surface area contributed by atoms with Crippen molar-refractivity contribution in [3.63, 3.8) is 0 Å². The Labute approximate surface area is 140 Å². The summed E-state index contributed by atoms with van der Waals surface area (Å²) in [6.07, 6.45) is 3.62. The highest BCUT2D eigenvalue weighted by molar-refractivity contribution is 5.94. The molecule has 1 fully saturated rings. The SMILES string of the molecule is CC(C)C[C@H]1COCCN1C(=O)c1ccc(-n2cncn2)c(F)c1. The number of carbonyl (C=O) groups excluding carboxylic acids is 1. The molecule has 0 radical (unpaired) electrons. The second kappa shape index (κ2) is 7.09. The summed E-state index contributed by atoms with van der Waals surface area (Å²) in [5.41, 5.74) is 0.608. The number of hydrogen-bond acceptors (Lipinski definition) is 4. The van der Waals surface area contributed by atoms with Gasteiger partial charge in [0, 0.05) is 12.1 Å². The van der Waals surface area contributed by atoms with Gasteiger partial charge in [0.25, 0.3) is 5.91 Å². The lowest BCUT2D eigenvalue weighted by atomic mass is 10.0. The second-order valence-electron chi connectivity index (χ2n) is 6.36. The van der Waals surface area contributed by atoms with Gasteiger partial charge in [-0.2, -0.15) is 5.10 Å². The van der Waals surface area contributed by atoms with E-state index in [9.17, 15) is 9.18 Å². The first-order valence-corrected chi connectivity index (χ1v) is 8.09. The maximum absolute atomic E-state index is 14.4. The summed E-state index contributed by atoms with van der Waals surface area (Å²) in [6, 6.07) is 4.48. The molecule has 1 saturated heterocycles. The van der Waals surface area contributed by atoms with Crippen LogP contribution in [0.5, 0.6) is 0 Å². The van der Waals surface area contributed by atoms with Crippen LogP contribution in [-0.4, -0.2) is 51.4 Å². The molecule has 1 aromatic heterocycles. The second-order valence-corrected chi connectivity index (χ2v) is 6.36. The van der Waals surface area contributed by atoms with Gasteiger partial charge in [0.15, 0.2) is 0 Å². The molecule has 6 nitrogen and oxygen atoms in total. The predicted molar refractivity (Wildman–Crippen MR) is 86.4 cm³/mol. The molecule has 7 heteroatoms. The van der Waals surface area contributed by atoms with Crippen LogP contribution in [0.15, 0.2) is 30.9 Å². The molecule has 1 aliphatic heterocycles. The lowest BCUT2D eigenvalue weighted by molar-refractivity contribution is -0.00748. The molecule has 0 bridgehead atoms. The Morgan fingerprint density at radius 1 is 1.46 bits per heavy atom. The molecule has 0 aliphatic carbocycles. The Morgan fingerprint density at radius 2 is 2.29 bits per heavy atom. The molecule has 0 spiro atoms. The molecule has 0 saturated carbocycles. The fourth-order valence-corrected chi connectivity index (χ4v) is 2.99. The van der Waals surface area contributed by atoms with Gasteiger partial charge in [-0.25, -0.2) is 14.1 Å². The minimum absolute atomic E-state index is 0.0318. The maximum Gasteiger partial charge on any atom is 0.254 e. The van der Waals surface area contributed by atoms with E-state index >= 15 is 0 Å². The predicted octanol–water partition coefficient (Wildman–Crippen LogP) is 2.29. The largest absolute Gasteiger partial charge is 0.377 e. The number of hydrogen-bond donors (Lipinski definition) is 0. The zero-order chi connectivity index (χ0) is 17.1. The fourth-order valence-electron chi connectivity index (χ4n) is 2.99. The minimum Gasteiger partial charge on any atom is -0.377 e. The number of morpholine rings is 1. The van der Waals surface area contributed by atoms with Crippen molar-refractivity contribution in [1.29, 1.82) is 0 Å². The van der Waals surface area contributed by atoms with E-state index in [1.54, 1.807) is 17.0 Å². The third kappa shape index (κ3) is 3.46. The summed E-state index contributed by atoms with van der Waals surface area (Å²) in [5, 5.41) is 3.91. The van der Waals surface area contributed by atoms with Gasteiger partial charge in [-0.3, -0.25) is 4.79 Å². The molecular weight excluding hydrogens is 311 g/mol. The van der Waals surface area contributed by atoms with Gasteiger partial charge in [0.1, 0.15) is 24.2 Å². The van der Waals surface area contributed by atoms with E-state index in [0.29, 0.717) is 31.2 Å². The van der Waals surface area contributed by atoms with Crippen LogP contribution in [0.1, 0.15) is 30.6 Å². The first-order chi connectivity index (χ1) is 11.6. The third-order valence-electron chi connectivity index (χ3n) is 4.09. The number of carbonyl (C=O) groups is 1. The lowest BCUT2D eigenvalue weighted by Gasteiger charge is -2.36. The number of halogens is 1. The van der Waals surface area contributed by atoms with E-state index in [1.165, 1.54) is 23.4 Å². The standard InChI is InChI=1S/C17H21FN4O2/c1-12(2)7-14-9-24-6-5-21(14)17(23)13-3-4-16(15(18)8-13)22-11-19-10-20-22/h3-4,8,10-12,14H,5-7,9H2,1-2H3/t14-/m0/s1. The zero-order valence-corrected chi connectivity index (χ0v) is 13.9. The van der Waals surface area contributed by atoms with Crippen molar-refractivity contribution in [2.45, 2.75) is 26.3 Å². The van der Waals surface area contributed by atoms with E-state index in [4.69, 9.17) is 4.74 Å². The van der Waals surface area contributed by atoms with Gasteiger partial charge in [-0.05, 0) is 30.5 Å². The van der Waals surface area contributed by atoms with Gasteiger partial charge < -0.3 is 9.64 Å². The summed E-state index contributed by atoms with van der Waals surface area (Å²) in [7, 11) is 0. The van der Waals surface area contributed by atoms with Gasteiger partial charge in [0.2, 0.25) is 0 Å². The van der Waals surface area contributed by atoms with Gasteiger partial charge >= 0.3 is 0 Å². The summed E-state index contributed by atoms with van der Waals surface area (Å²) in [6.45, 7) is 5.81. The van der Waals surface area contributed by atoms with Crippen LogP contribution in [0.3, 0.4) is 0 Å². The molecule has 3 rings (SSSR count). The lowest BCUT2D eigenvalue weighted by Crippen LogP contribution is -2.49. The van der Waals surface area contributed by atoms with Crippen LogP contribution in [0.25, 0.3) is 5.69 Å². The summed E-state index contributed by atoms with van der Waals surface area (Å²) >= 11 is 0. The van der Waals surface area contributed by atoms with E-state index in [2.05, 4.69) is 23.9 Å². The van der Waals surface area contributed by atoms with Crippen molar-refractivity contribution in [1.82, 2.24) is 19.7 Å². The van der Waals surface area contributed by atoms with Crippen molar-refractivity contribution in [2.24, 2.45) is 5.92 Å². The fraction of sp³-hybridized carbons (Fsp3) is 0.471. The van der Waals surface area contributed by atoms with E-state index in [1.807, 2.05) is 0 Å². The topological polar surface area (TPSA) is 60.2 Å². The van der Waals surface area contributed by atoms with Crippen molar-refractivity contribution >= 4 is 5.91 Å². The van der Waals surface area contributed by atoms with Crippen LogP contribution in [0, 0.1) is 11.7 Å². The molecule has 0 unspecified atom stereocenters. The summed E-state index contributed by atoms with van der Waals surface area (Å²) in [5.74, 6) is -0.202. The Morgan fingerprint density at radius 3 is 2.96 bits per heavy atom. The first-order valence-electron chi connectivity index (χ1n) is 8.09. The molecule has 128 valence electrons. The molecule has 2 aromatic rings. The highest BCUT2D eigenvalue weighted by Crippen LogP contribution is 2.20. The monoisotopic (exact) mass is 332 g/mol. The molecule has 24 heavy (non-hydrogen) atoms. The highest BCUT2D eigenvalue weighted by atomic mass is 19.1. The number of benzene rings is 1. The highest BCUT2D eigenvalue weighted by Gasteiger charge is 2.29. The van der Waals surface area contributed by atoms with Crippen LogP contribution in [0.2, 0.25) is 0 Å². The number of ether oxygens (including phenoxy) is 1. The normalized spacial score (nSPS) is 18.2. The Bertz CT molecular complexity index is 703. The Balaban J connectivity index is 1.82. The number of amides is 1. The summed E-state index contributed by atoms with van der Waals surface area (Å²) in [4.78, 5) is 18.4. The molecule has 1 atom stereocenters. The Hall–Kier alpha value is -2.28. The molecule has 1 amide bonds. The third-order valence-corrected chi connectivity index (χ3v) is 4.09. The van der Waals surface area contributed by atoms with Gasteiger partial charge in [-0.15, -0.1) is 0 Å². The van der Waals surface area contributed by atoms with Crippen LogP contribution in [-0.2, 0) is 4.74 Å². The van der Waals surface area contributed by atoms with Gasteiger partial charge in [0.05, 0.1) is 19.3 Å². The van der Waals surface area contributed by atoms with E-state index < -0.39 is 5.82 Å². The van der Waals surface area contributed by atoms with Crippen molar-refractivity contribution in [3.8, 4) is 5.69 Å². The maximum atomic E-state index is 14.4. The molecular formula is C17H21FN4O2. The van der Waals surface area contributed by atoms with Gasteiger partial charge in [-0.1, -0.05) is 13.8 Å².